The van der Waals surface area contributed by atoms with Crippen molar-refractivity contribution in [2.75, 3.05) is 6.61 Å². The average molecular weight is 498 g/mol. The van der Waals surface area contributed by atoms with Crippen LogP contribution < -0.4 is 9.47 Å². The van der Waals surface area contributed by atoms with Crippen molar-refractivity contribution in [3.63, 3.8) is 0 Å². The summed E-state index contributed by atoms with van der Waals surface area (Å²) in [7, 11) is 0. The average Bonchev–Trinajstić information content (AvgIpc) is 3.40. The summed E-state index contributed by atoms with van der Waals surface area (Å²) in [6.45, 7) is 4.91. The van der Waals surface area contributed by atoms with Crippen LogP contribution >= 0.6 is 0 Å². The van der Waals surface area contributed by atoms with Gasteiger partial charge in [0.2, 0.25) is 0 Å². The number of benzene rings is 3. The summed E-state index contributed by atoms with van der Waals surface area (Å²) in [5.74, 6) is -0.0628. The van der Waals surface area contributed by atoms with E-state index in [0.29, 0.717) is 23.5 Å². The Balaban J connectivity index is 1.59. The molecule has 0 bridgehead atoms. The van der Waals surface area contributed by atoms with Crippen LogP contribution in [0.5, 0.6) is 11.5 Å². The lowest BCUT2D eigenvalue weighted by atomic mass is 9.94. The minimum atomic E-state index is -0.752. The molecule has 2 heterocycles. The number of amides is 1. The topological polar surface area (TPSA) is 76.1 Å². The van der Waals surface area contributed by atoms with Crippen LogP contribution in [0.25, 0.3) is 5.76 Å². The van der Waals surface area contributed by atoms with Gasteiger partial charge in [0.1, 0.15) is 23.4 Å². The zero-order valence-electron chi connectivity index (χ0n) is 21.1. The standard InChI is InChI=1S/C31H31NO5/c1-3-4-15-36-25-12-8-11-22(18-25)28-27(29(33)23-13-14-26-24(17-23)16-20(2)37-26)30(34)31(35)32(28)19-21-9-6-5-7-10-21/h5-14,17-18,20,28,33H,3-4,15-16,19H2,1-2H3/b29-27+/t20-,28+/m1/s1. The molecule has 1 amide bonds. The minimum Gasteiger partial charge on any atom is -0.507 e. The van der Waals surface area contributed by atoms with Crippen molar-refractivity contribution in [1.29, 1.82) is 0 Å². The Labute approximate surface area is 217 Å². The number of nitrogens with zero attached hydrogens (tertiary/aromatic N) is 1. The van der Waals surface area contributed by atoms with Gasteiger partial charge in [-0.15, -0.1) is 0 Å². The molecule has 1 N–H and O–H groups in total. The number of rotatable bonds is 8. The molecule has 1 fully saturated rings. The molecule has 3 aromatic carbocycles. The number of carbonyl (C=O) groups is 2. The lowest BCUT2D eigenvalue weighted by Gasteiger charge is -2.26. The van der Waals surface area contributed by atoms with Crippen molar-refractivity contribution >= 4 is 17.4 Å². The van der Waals surface area contributed by atoms with Gasteiger partial charge in [-0.3, -0.25) is 9.59 Å². The van der Waals surface area contributed by atoms with E-state index in [4.69, 9.17) is 9.47 Å². The van der Waals surface area contributed by atoms with Crippen LogP contribution in [0.15, 0.2) is 78.4 Å². The molecular formula is C31H31NO5. The number of ether oxygens (including phenoxy) is 2. The van der Waals surface area contributed by atoms with Gasteiger partial charge in [-0.25, -0.2) is 0 Å². The molecule has 0 aliphatic carbocycles. The van der Waals surface area contributed by atoms with E-state index in [1.807, 2.05) is 73.7 Å². The molecule has 0 saturated carbocycles. The van der Waals surface area contributed by atoms with Gasteiger partial charge in [0.15, 0.2) is 0 Å². The molecule has 6 nitrogen and oxygen atoms in total. The fraction of sp³-hybridized carbons (Fsp3) is 0.290. The first kappa shape index (κ1) is 24.6. The van der Waals surface area contributed by atoms with Crippen molar-refractivity contribution in [1.82, 2.24) is 4.90 Å². The van der Waals surface area contributed by atoms with Gasteiger partial charge in [0.05, 0.1) is 18.2 Å². The quantitative estimate of drug-likeness (QED) is 0.184. The monoisotopic (exact) mass is 497 g/mol. The number of aliphatic hydroxyl groups excluding tert-OH is 1. The van der Waals surface area contributed by atoms with E-state index in [9.17, 15) is 14.7 Å². The van der Waals surface area contributed by atoms with E-state index < -0.39 is 17.7 Å². The highest BCUT2D eigenvalue weighted by molar-refractivity contribution is 6.46. The van der Waals surface area contributed by atoms with Crippen molar-refractivity contribution < 1.29 is 24.2 Å². The molecule has 190 valence electrons. The molecule has 0 radical (unpaired) electrons. The van der Waals surface area contributed by atoms with Crippen LogP contribution in [-0.4, -0.2) is 34.4 Å². The largest absolute Gasteiger partial charge is 0.507 e. The summed E-state index contributed by atoms with van der Waals surface area (Å²) in [5.41, 5.74) is 3.16. The first-order chi connectivity index (χ1) is 18.0. The first-order valence-corrected chi connectivity index (χ1v) is 12.8. The summed E-state index contributed by atoms with van der Waals surface area (Å²) < 4.78 is 11.7. The zero-order chi connectivity index (χ0) is 25.9. The van der Waals surface area contributed by atoms with Gasteiger partial charge in [-0.1, -0.05) is 55.8 Å². The summed E-state index contributed by atoms with van der Waals surface area (Å²) in [6, 6.07) is 21.6. The first-order valence-electron chi connectivity index (χ1n) is 12.8. The number of carbonyl (C=O) groups excluding carboxylic acids is 2. The Kier molecular flexibility index (Phi) is 6.99. The summed E-state index contributed by atoms with van der Waals surface area (Å²) in [6.07, 6.45) is 2.72. The van der Waals surface area contributed by atoms with Crippen LogP contribution in [0.2, 0.25) is 0 Å². The van der Waals surface area contributed by atoms with E-state index in [1.54, 1.807) is 6.07 Å². The van der Waals surface area contributed by atoms with Gasteiger partial charge >= 0.3 is 0 Å². The second-order valence-corrected chi connectivity index (χ2v) is 9.64. The molecule has 2 aliphatic rings. The number of fused-ring (bicyclic) bond motifs is 1. The van der Waals surface area contributed by atoms with Crippen LogP contribution in [0.1, 0.15) is 55.0 Å². The SMILES string of the molecule is CCCCOc1cccc([C@H]2/C(=C(\O)c3ccc4c(c3)C[C@@H](C)O4)C(=O)C(=O)N2Cc2ccccc2)c1. The Hall–Kier alpha value is -4.06. The van der Waals surface area contributed by atoms with E-state index >= 15 is 0 Å². The predicted molar refractivity (Wildman–Crippen MR) is 141 cm³/mol. The van der Waals surface area contributed by atoms with Gasteiger partial charge in [-0.2, -0.15) is 0 Å². The molecule has 0 aromatic heterocycles. The molecule has 37 heavy (non-hydrogen) atoms. The normalized spacial score (nSPS) is 20.1. The third-order valence-electron chi connectivity index (χ3n) is 6.85. The van der Waals surface area contributed by atoms with Crippen molar-refractivity contribution in [3.05, 3.63) is 101 Å². The Morgan fingerprint density at radius 1 is 1.05 bits per heavy atom. The number of likely N-dealkylation sites (tertiary alicyclic amines) is 1. The van der Waals surface area contributed by atoms with Crippen LogP contribution in [0.3, 0.4) is 0 Å². The minimum absolute atomic E-state index is 0.0549. The maximum absolute atomic E-state index is 13.4. The predicted octanol–water partition coefficient (Wildman–Crippen LogP) is 5.81. The maximum atomic E-state index is 13.4. The van der Waals surface area contributed by atoms with Crippen LogP contribution in [0.4, 0.5) is 0 Å². The molecule has 6 heteroatoms. The second-order valence-electron chi connectivity index (χ2n) is 9.64. The molecule has 0 spiro atoms. The van der Waals surface area contributed by atoms with E-state index in [2.05, 4.69) is 6.92 Å². The highest BCUT2D eigenvalue weighted by atomic mass is 16.5. The molecule has 1 saturated heterocycles. The molecule has 2 aliphatic heterocycles. The Morgan fingerprint density at radius 2 is 1.86 bits per heavy atom. The van der Waals surface area contributed by atoms with Crippen molar-refractivity contribution in [2.24, 2.45) is 0 Å². The summed E-state index contributed by atoms with van der Waals surface area (Å²) in [5, 5.41) is 11.5. The molecule has 2 atom stereocenters. The van der Waals surface area contributed by atoms with Gasteiger partial charge in [0.25, 0.3) is 11.7 Å². The van der Waals surface area contributed by atoms with Gasteiger partial charge < -0.3 is 19.5 Å². The Morgan fingerprint density at radius 3 is 2.65 bits per heavy atom. The fourth-order valence-electron chi connectivity index (χ4n) is 5.00. The summed E-state index contributed by atoms with van der Waals surface area (Å²) in [4.78, 5) is 28.3. The smallest absolute Gasteiger partial charge is 0.295 e. The maximum Gasteiger partial charge on any atom is 0.295 e. The van der Waals surface area contributed by atoms with E-state index in [1.165, 1.54) is 4.90 Å². The summed E-state index contributed by atoms with van der Waals surface area (Å²) >= 11 is 0. The number of ketones is 1. The highest BCUT2D eigenvalue weighted by Gasteiger charge is 2.46. The molecule has 5 rings (SSSR count). The third-order valence-corrected chi connectivity index (χ3v) is 6.85. The molecule has 0 unspecified atom stereocenters. The number of hydrogen-bond acceptors (Lipinski definition) is 5. The van der Waals surface area contributed by atoms with Gasteiger partial charge in [-0.05, 0) is 60.4 Å². The number of aliphatic hydroxyl groups is 1. The lowest BCUT2D eigenvalue weighted by Crippen LogP contribution is -2.29. The number of hydrogen-bond donors (Lipinski definition) is 1. The zero-order valence-corrected chi connectivity index (χ0v) is 21.1. The van der Waals surface area contributed by atoms with Crippen molar-refractivity contribution in [2.45, 2.75) is 51.8 Å². The van der Waals surface area contributed by atoms with Crippen LogP contribution in [-0.2, 0) is 22.6 Å². The highest BCUT2D eigenvalue weighted by Crippen LogP contribution is 2.42. The third kappa shape index (κ3) is 4.96. The number of Topliss-reactive ketones (excluding diaryl/α,β-unsaturated/α-hetero) is 1. The lowest BCUT2D eigenvalue weighted by molar-refractivity contribution is -0.140. The Bertz CT molecular complexity index is 1350. The van der Waals surface area contributed by atoms with E-state index in [-0.39, 0.29) is 24.0 Å². The number of unbranched alkanes of at least 4 members (excludes halogenated alkanes) is 1. The molecular weight excluding hydrogens is 466 g/mol. The van der Waals surface area contributed by atoms with Crippen LogP contribution in [0, 0.1) is 0 Å². The van der Waals surface area contributed by atoms with Crippen molar-refractivity contribution in [3.8, 4) is 11.5 Å². The van der Waals surface area contributed by atoms with Gasteiger partial charge in [0, 0.05) is 18.5 Å². The fourth-order valence-corrected chi connectivity index (χ4v) is 5.00. The second kappa shape index (κ2) is 10.5. The van der Waals surface area contributed by atoms with E-state index in [0.717, 1.165) is 36.1 Å². The molecule has 3 aromatic rings.